The largest absolute Gasteiger partial charge is 0.490 e. The summed E-state index contributed by atoms with van der Waals surface area (Å²) in [7, 11) is 1.37. The third-order valence-corrected chi connectivity index (χ3v) is 7.39. The van der Waals surface area contributed by atoms with Crippen LogP contribution in [0.1, 0.15) is 43.2 Å². The van der Waals surface area contributed by atoms with Crippen molar-refractivity contribution in [1.82, 2.24) is 9.80 Å². The second-order valence-corrected chi connectivity index (χ2v) is 10.1. The highest BCUT2D eigenvalue weighted by atomic mass is 19.4. The number of piperidine rings is 2. The van der Waals surface area contributed by atoms with E-state index in [1.165, 1.54) is 31.4 Å². The Labute approximate surface area is 230 Å². The Morgan fingerprint density at radius 2 is 1.65 bits per heavy atom. The first kappa shape index (κ1) is 29.6. The van der Waals surface area contributed by atoms with Gasteiger partial charge in [0.15, 0.2) is 0 Å². The van der Waals surface area contributed by atoms with Gasteiger partial charge in [-0.3, -0.25) is 14.9 Å². The molecule has 0 N–H and O–H groups in total. The van der Waals surface area contributed by atoms with Gasteiger partial charge < -0.3 is 24.0 Å². The number of amides is 1. The lowest BCUT2D eigenvalue weighted by molar-refractivity contribution is -0.385. The molecule has 2 aliphatic rings. The number of nitro benzene ring substituents is 1. The van der Waals surface area contributed by atoms with E-state index in [2.05, 4.69) is 4.90 Å². The van der Waals surface area contributed by atoms with E-state index in [4.69, 9.17) is 14.2 Å². The minimum Gasteiger partial charge on any atom is -0.490 e. The number of rotatable bonds is 10. The van der Waals surface area contributed by atoms with E-state index >= 15 is 0 Å². The summed E-state index contributed by atoms with van der Waals surface area (Å²) in [5.41, 5.74) is -0.0760. The second kappa shape index (κ2) is 13.3. The summed E-state index contributed by atoms with van der Waals surface area (Å²) in [6, 6.07) is 9.48. The number of carbonyl (C=O) groups excluding carboxylic acids is 1. The first-order valence-corrected chi connectivity index (χ1v) is 13.4. The number of halogens is 3. The average Bonchev–Trinajstić information content (AvgIpc) is 2.95. The minimum atomic E-state index is -4.34. The van der Waals surface area contributed by atoms with Crippen LogP contribution in [0.5, 0.6) is 11.5 Å². The molecule has 2 aromatic carbocycles. The van der Waals surface area contributed by atoms with Crippen molar-refractivity contribution in [2.75, 3.05) is 39.8 Å². The maximum atomic E-state index is 12.8. The molecule has 40 heavy (non-hydrogen) atoms. The molecule has 0 aliphatic carbocycles. The predicted octanol–water partition coefficient (Wildman–Crippen LogP) is 5.06. The van der Waals surface area contributed by atoms with Gasteiger partial charge >= 0.3 is 11.9 Å². The molecule has 0 spiro atoms. The quantitative estimate of drug-likeness (QED) is 0.294. The molecule has 12 heteroatoms. The Morgan fingerprint density at radius 1 is 1.00 bits per heavy atom. The first-order valence-electron chi connectivity index (χ1n) is 13.4. The van der Waals surface area contributed by atoms with Gasteiger partial charge in [-0.15, -0.1) is 0 Å². The van der Waals surface area contributed by atoms with Crippen LogP contribution in [-0.2, 0) is 22.3 Å². The zero-order valence-electron chi connectivity index (χ0n) is 22.4. The van der Waals surface area contributed by atoms with Crippen LogP contribution >= 0.6 is 0 Å². The monoisotopic (exact) mass is 565 g/mol. The van der Waals surface area contributed by atoms with Crippen LogP contribution in [0.25, 0.3) is 0 Å². The van der Waals surface area contributed by atoms with Gasteiger partial charge in [0.05, 0.1) is 30.3 Å². The Hall–Kier alpha value is -3.38. The van der Waals surface area contributed by atoms with Crippen LogP contribution < -0.4 is 9.47 Å². The molecule has 2 fully saturated rings. The summed E-state index contributed by atoms with van der Waals surface area (Å²) in [5.74, 6) is 0.750. The van der Waals surface area contributed by atoms with Gasteiger partial charge in [0.2, 0.25) is 11.7 Å². The molecule has 0 unspecified atom stereocenters. The molecular formula is C28H34F3N3O6. The number of nitro groups is 1. The van der Waals surface area contributed by atoms with Crippen molar-refractivity contribution >= 4 is 11.6 Å². The Balaban J connectivity index is 1.12. The molecular weight excluding hydrogens is 531 g/mol. The normalized spacial score (nSPS) is 17.6. The van der Waals surface area contributed by atoms with Gasteiger partial charge in [-0.25, -0.2) is 0 Å². The molecule has 0 atom stereocenters. The summed E-state index contributed by atoms with van der Waals surface area (Å²) in [5, 5.41) is 11.1. The summed E-state index contributed by atoms with van der Waals surface area (Å²) >= 11 is 0. The fourth-order valence-corrected chi connectivity index (χ4v) is 5.01. The highest BCUT2D eigenvalue weighted by molar-refractivity contribution is 5.76. The lowest BCUT2D eigenvalue weighted by Crippen LogP contribution is -2.44. The van der Waals surface area contributed by atoms with Crippen molar-refractivity contribution in [2.45, 2.75) is 57.1 Å². The zero-order valence-corrected chi connectivity index (χ0v) is 22.4. The Kier molecular flexibility index (Phi) is 9.85. The average molecular weight is 566 g/mol. The van der Waals surface area contributed by atoms with Crippen molar-refractivity contribution in [2.24, 2.45) is 0 Å². The van der Waals surface area contributed by atoms with Crippen LogP contribution in [0.2, 0.25) is 0 Å². The third-order valence-electron chi connectivity index (χ3n) is 7.39. The number of carbonyl (C=O) groups is 1. The number of nitrogens with zero attached hydrogens (tertiary/aromatic N) is 3. The molecule has 0 aromatic heterocycles. The van der Waals surface area contributed by atoms with Crippen molar-refractivity contribution in [3.05, 3.63) is 63.7 Å². The van der Waals surface area contributed by atoms with Crippen LogP contribution in [0.3, 0.4) is 0 Å². The van der Waals surface area contributed by atoms with Crippen molar-refractivity contribution in [3.8, 4) is 11.5 Å². The minimum absolute atomic E-state index is 0.0454. The lowest BCUT2D eigenvalue weighted by Gasteiger charge is -2.34. The number of ether oxygens (including phenoxy) is 3. The molecule has 4 rings (SSSR count). The first-order chi connectivity index (χ1) is 19.1. The van der Waals surface area contributed by atoms with E-state index in [1.807, 2.05) is 4.90 Å². The van der Waals surface area contributed by atoms with Crippen molar-refractivity contribution in [1.29, 1.82) is 0 Å². The SMILES string of the molecule is COc1cc(OC2CCN(C(=O)CCN3CCC(OCc4ccc(C(F)(F)F)cc4)CC3)CC2)ccc1[N+](=O)[O-]. The number of alkyl halides is 3. The number of hydrogen-bond donors (Lipinski definition) is 0. The third kappa shape index (κ3) is 8.07. The maximum Gasteiger partial charge on any atom is 0.416 e. The molecule has 2 aromatic rings. The maximum absolute atomic E-state index is 12.8. The molecule has 0 bridgehead atoms. The van der Waals surface area contributed by atoms with Gasteiger partial charge in [0.25, 0.3) is 0 Å². The summed E-state index contributed by atoms with van der Waals surface area (Å²) in [4.78, 5) is 27.5. The van der Waals surface area contributed by atoms with Crippen molar-refractivity contribution in [3.63, 3.8) is 0 Å². The van der Waals surface area contributed by atoms with E-state index in [0.29, 0.717) is 50.2 Å². The summed E-state index contributed by atoms with van der Waals surface area (Å²) in [6.07, 6.45) is -0.983. The zero-order chi connectivity index (χ0) is 28.7. The fourth-order valence-electron chi connectivity index (χ4n) is 5.01. The molecule has 0 saturated carbocycles. The highest BCUT2D eigenvalue weighted by Crippen LogP contribution is 2.32. The van der Waals surface area contributed by atoms with Crippen LogP contribution in [0.4, 0.5) is 18.9 Å². The number of methoxy groups -OCH3 is 1. The van der Waals surface area contributed by atoms with Crippen molar-refractivity contribution < 1.29 is 37.1 Å². The molecule has 218 valence electrons. The molecule has 0 radical (unpaired) electrons. The van der Waals surface area contributed by atoms with Gasteiger partial charge in [0.1, 0.15) is 11.9 Å². The number of benzene rings is 2. The smallest absolute Gasteiger partial charge is 0.416 e. The summed E-state index contributed by atoms with van der Waals surface area (Å²) in [6.45, 7) is 3.74. The molecule has 2 aliphatic heterocycles. The van der Waals surface area contributed by atoms with Gasteiger partial charge in [-0.1, -0.05) is 12.1 Å². The van der Waals surface area contributed by atoms with E-state index in [9.17, 15) is 28.1 Å². The highest BCUT2D eigenvalue weighted by Gasteiger charge is 2.30. The van der Waals surface area contributed by atoms with E-state index in [0.717, 1.165) is 38.1 Å². The topological polar surface area (TPSA) is 94.4 Å². The van der Waals surface area contributed by atoms with E-state index in [-0.39, 0.29) is 36.2 Å². The second-order valence-electron chi connectivity index (χ2n) is 10.1. The molecule has 1 amide bonds. The Bertz CT molecular complexity index is 1140. The standard InChI is InChI=1S/C28H34F3N3O6/c1-38-26-18-24(6-7-25(26)34(36)37)40-23-10-16-33(17-11-23)27(35)12-15-32-13-8-22(9-14-32)39-19-20-2-4-21(5-3-20)28(29,30)31/h2-7,18,22-23H,8-17,19H2,1H3. The lowest BCUT2D eigenvalue weighted by atomic mass is 10.1. The van der Waals surface area contributed by atoms with Gasteiger partial charge in [-0.05, 0) is 36.6 Å². The van der Waals surface area contributed by atoms with Crippen LogP contribution in [0, 0.1) is 10.1 Å². The van der Waals surface area contributed by atoms with Gasteiger partial charge in [0, 0.05) is 64.1 Å². The molecule has 2 heterocycles. The van der Waals surface area contributed by atoms with Crippen LogP contribution in [0.15, 0.2) is 42.5 Å². The summed E-state index contributed by atoms with van der Waals surface area (Å²) < 4.78 is 55.1. The van der Waals surface area contributed by atoms with E-state index < -0.39 is 16.7 Å². The Morgan fingerprint density at radius 3 is 2.25 bits per heavy atom. The fraction of sp³-hybridized carbons (Fsp3) is 0.536. The number of likely N-dealkylation sites (tertiary alicyclic amines) is 2. The molecule has 2 saturated heterocycles. The van der Waals surface area contributed by atoms with Gasteiger partial charge in [-0.2, -0.15) is 13.2 Å². The predicted molar refractivity (Wildman–Crippen MR) is 140 cm³/mol. The van der Waals surface area contributed by atoms with E-state index in [1.54, 1.807) is 6.07 Å². The molecule has 9 nitrogen and oxygen atoms in total. The van der Waals surface area contributed by atoms with Crippen LogP contribution in [-0.4, -0.2) is 72.7 Å². The number of hydrogen-bond acceptors (Lipinski definition) is 7.